The number of carbonyl (C=O) groups is 2. The third-order valence-corrected chi connectivity index (χ3v) is 5.19. The van der Waals surface area contributed by atoms with Gasteiger partial charge in [-0.3, -0.25) is 14.5 Å². The number of hydrogen-bond donors (Lipinski definition) is 1. The molecule has 0 bridgehead atoms. The maximum absolute atomic E-state index is 12.9. The molecule has 5 heteroatoms. The van der Waals surface area contributed by atoms with Crippen LogP contribution in [0.15, 0.2) is 24.3 Å². The maximum atomic E-state index is 12.9. The van der Waals surface area contributed by atoms with E-state index in [-0.39, 0.29) is 36.5 Å². The number of nitrogens with zero attached hydrogens (tertiary/aromatic N) is 2. The van der Waals surface area contributed by atoms with Crippen molar-refractivity contribution in [1.29, 1.82) is 0 Å². The summed E-state index contributed by atoms with van der Waals surface area (Å²) in [5, 5.41) is 2.89. The lowest BCUT2D eigenvalue weighted by Gasteiger charge is -2.41. The number of amides is 2. The first-order valence-corrected chi connectivity index (χ1v) is 9.18. The predicted octanol–water partition coefficient (Wildman–Crippen LogP) is 3.04. The predicted molar refractivity (Wildman–Crippen MR) is 102 cm³/mol. The fourth-order valence-electron chi connectivity index (χ4n) is 3.46. The Bertz CT molecular complexity index is 589. The number of piperidine rings is 1. The molecule has 2 amide bonds. The van der Waals surface area contributed by atoms with E-state index in [0.717, 1.165) is 24.1 Å². The van der Waals surface area contributed by atoms with Gasteiger partial charge in [0, 0.05) is 17.8 Å². The number of likely N-dealkylation sites (N-methyl/N-ethyl adjacent to an activating group) is 1. The number of nitrogens with one attached hydrogen (secondary N) is 1. The topological polar surface area (TPSA) is 52.7 Å². The summed E-state index contributed by atoms with van der Waals surface area (Å²) in [4.78, 5) is 29.0. The molecule has 5 nitrogen and oxygen atoms in total. The number of benzene rings is 1. The van der Waals surface area contributed by atoms with Gasteiger partial charge in [-0.15, -0.1) is 0 Å². The van der Waals surface area contributed by atoms with Crippen molar-refractivity contribution in [1.82, 2.24) is 9.80 Å². The molecular weight excluding hydrogens is 314 g/mol. The lowest BCUT2D eigenvalue weighted by molar-refractivity contribution is -0.142. The Hall–Kier alpha value is -1.88. The van der Waals surface area contributed by atoms with E-state index in [1.54, 1.807) is 0 Å². The van der Waals surface area contributed by atoms with Gasteiger partial charge in [0.25, 0.3) is 0 Å². The largest absolute Gasteiger partial charge is 0.336 e. The van der Waals surface area contributed by atoms with E-state index in [2.05, 4.69) is 19.2 Å². The third kappa shape index (κ3) is 5.05. The molecule has 0 saturated carbocycles. The minimum absolute atomic E-state index is 0.106. The van der Waals surface area contributed by atoms with Gasteiger partial charge in [0.1, 0.15) is 0 Å². The summed E-state index contributed by atoms with van der Waals surface area (Å²) in [7, 11) is 1.83. The van der Waals surface area contributed by atoms with Gasteiger partial charge in [-0.25, -0.2) is 0 Å². The van der Waals surface area contributed by atoms with Crippen LogP contribution in [0.25, 0.3) is 0 Å². The first-order chi connectivity index (χ1) is 11.8. The molecule has 1 heterocycles. The fourth-order valence-corrected chi connectivity index (χ4v) is 3.46. The molecule has 1 aliphatic rings. The summed E-state index contributed by atoms with van der Waals surface area (Å²) >= 11 is 0. The lowest BCUT2D eigenvalue weighted by atomic mass is 9.96. The van der Waals surface area contributed by atoms with Crippen LogP contribution in [0.2, 0.25) is 0 Å². The highest BCUT2D eigenvalue weighted by Gasteiger charge is 2.33. The van der Waals surface area contributed by atoms with E-state index in [0.29, 0.717) is 0 Å². The third-order valence-electron chi connectivity index (χ3n) is 5.19. The van der Waals surface area contributed by atoms with Gasteiger partial charge in [-0.1, -0.05) is 17.7 Å². The molecule has 1 N–H and O–H groups in total. The van der Waals surface area contributed by atoms with Crippen LogP contribution in [0.4, 0.5) is 5.69 Å². The fraction of sp³-hybridized carbons (Fsp3) is 0.600. The van der Waals surface area contributed by atoms with Crippen LogP contribution in [-0.4, -0.2) is 53.3 Å². The number of carbonyl (C=O) groups excluding carboxylic acids is 2. The van der Waals surface area contributed by atoms with Crippen molar-refractivity contribution in [3.8, 4) is 0 Å². The summed E-state index contributed by atoms with van der Waals surface area (Å²) < 4.78 is 0. The second kappa shape index (κ2) is 8.48. The molecule has 0 radical (unpaired) electrons. The maximum Gasteiger partial charge on any atom is 0.240 e. The Morgan fingerprint density at radius 2 is 1.76 bits per heavy atom. The molecule has 0 spiro atoms. The normalized spacial score (nSPS) is 21.9. The van der Waals surface area contributed by atoms with Gasteiger partial charge in [-0.05, 0) is 66.1 Å². The van der Waals surface area contributed by atoms with Crippen LogP contribution in [0.3, 0.4) is 0 Å². The summed E-state index contributed by atoms with van der Waals surface area (Å²) in [5.74, 6) is 0.0103. The molecule has 1 aromatic carbocycles. The Morgan fingerprint density at radius 1 is 1.20 bits per heavy atom. The van der Waals surface area contributed by atoms with Crippen LogP contribution >= 0.6 is 0 Å². The monoisotopic (exact) mass is 345 g/mol. The van der Waals surface area contributed by atoms with E-state index in [1.165, 1.54) is 6.42 Å². The standard InChI is InChI=1S/C20H31N3O2/c1-14-9-11-18(12-10-14)21-19(24)13-22(5)17(4)20(25)23-15(2)7-6-8-16(23)3/h9-12,15-17H,6-8,13H2,1-5H3,(H,21,24)/t15-,16+,17-/m0/s1. The molecule has 1 saturated heterocycles. The lowest BCUT2D eigenvalue weighted by Crippen LogP contribution is -2.54. The first-order valence-electron chi connectivity index (χ1n) is 9.18. The zero-order valence-corrected chi connectivity index (χ0v) is 16.1. The van der Waals surface area contributed by atoms with E-state index < -0.39 is 0 Å². The molecule has 138 valence electrons. The van der Waals surface area contributed by atoms with Crippen molar-refractivity contribution in [3.63, 3.8) is 0 Å². The van der Waals surface area contributed by atoms with Gasteiger partial charge in [0.05, 0.1) is 12.6 Å². The smallest absolute Gasteiger partial charge is 0.240 e. The number of anilines is 1. The molecule has 1 aromatic rings. The highest BCUT2D eigenvalue weighted by atomic mass is 16.2. The molecule has 1 aliphatic heterocycles. The molecule has 25 heavy (non-hydrogen) atoms. The van der Waals surface area contributed by atoms with E-state index in [9.17, 15) is 9.59 Å². The van der Waals surface area contributed by atoms with Crippen LogP contribution in [-0.2, 0) is 9.59 Å². The van der Waals surface area contributed by atoms with E-state index in [1.807, 2.05) is 55.0 Å². The first kappa shape index (κ1) is 19.4. The Kier molecular flexibility index (Phi) is 6.59. The molecule has 2 rings (SSSR count). The van der Waals surface area contributed by atoms with Gasteiger partial charge in [0.15, 0.2) is 0 Å². The molecule has 0 unspecified atom stereocenters. The highest BCUT2D eigenvalue weighted by molar-refractivity contribution is 5.92. The SMILES string of the molecule is Cc1ccc(NC(=O)CN(C)[C@@H](C)C(=O)N2[C@H](C)CCC[C@@H]2C)cc1. The highest BCUT2D eigenvalue weighted by Crippen LogP contribution is 2.24. The van der Waals surface area contributed by atoms with Crippen LogP contribution in [0.1, 0.15) is 45.6 Å². The summed E-state index contributed by atoms with van der Waals surface area (Å²) in [6.07, 6.45) is 3.29. The summed E-state index contributed by atoms with van der Waals surface area (Å²) in [6.45, 7) is 8.32. The molecule has 1 fully saturated rings. The summed E-state index contributed by atoms with van der Waals surface area (Å²) in [6, 6.07) is 7.93. The molecule has 0 aromatic heterocycles. The molecular formula is C20H31N3O2. The van der Waals surface area contributed by atoms with Crippen molar-refractivity contribution in [2.24, 2.45) is 0 Å². The zero-order valence-electron chi connectivity index (χ0n) is 16.1. The molecule has 0 aliphatic carbocycles. The van der Waals surface area contributed by atoms with Crippen molar-refractivity contribution >= 4 is 17.5 Å². The van der Waals surface area contributed by atoms with Crippen LogP contribution in [0.5, 0.6) is 0 Å². The number of aryl methyl sites for hydroxylation is 1. The number of rotatable bonds is 5. The second-order valence-electron chi connectivity index (χ2n) is 7.38. The van der Waals surface area contributed by atoms with Gasteiger partial charge >= 0.3 is 0 Å². The second-order valence-corrected chi connectivity index (χ2v) is 7.38. The van der Waals surface area contributed by atoms with Crippen molar-refractivity contribution in [2.75, 3.05) is 18.9 Å². The van der Waals surface area contributed by atoms with E-state index >= 15 is 0 Å². The van der Waals surface area contributed by atoms with Gasteiger partial charge in [-0.2, -0.15) is 0 Å². The zero-order chi connectivity index (χ0) is 18.6. The van der Waals surface area contributed by atoms with Crippen molar-refractivity contribution < 1.29 is 9.59 Å². The number of hydrogen-bond acceptors (Lipinski definition) is 3. The van der Waals surface area contributed by atoms with Crippen LogP contribution < -0.4 is 5.32 Å². The van der Waals surface area contributed by atoms with E-state index in [4.69, 9.17) is 0 Å². The summed E-state index contributed by atoms with van der Waals surface area (Å²) in [5.41, 5.74) is 1.93. The Morgan fingerprint density at radius 3 is 2.32 bits per heavy atom. The van der Waals surface area contributed by atoms with Crippen molar-refractivity contribution in [2.45, 2.75) is 65.1 Å². The average molecular weight is 345 g/mol. The van der Waals surface area contributed by atoms with Crippen molar-refractivity contribution in [3.05, 3.63) is 29.8 Å². The average Bonchev–Trinajstić information content (AvgIpc) is 2.55. The number of likely N-dealkylation sites (tertiary alicyclic amines) is 1. The van der Waals surface area contributed by atoms with Gasteiger partial charge in [0.2, 0.25) is 11.8 Å². The Balaban J connectivity index is 1.92. The minimum Gasteiger partial charge on any atom is -0.336 e. The molecule has 3 atom stereocenters. The van der Waals surface area contributed by atoms with Crippen LogP contribution in [0, 0.1) is 6.92 Å². The Labute approximate surface area is 151 Å². The van der Waals surface area contributed by atoms with Gasteiger partial charge < -0.3 is 10.2 Å². The quantitative estimate of drug-likeness (QED) is 0.892. The minimum atomic E-state index is -0.313.